The number of carbonyl (C=O) groups is 2. The summed E-state index contributed by atoms with van der Waals surface area (Å²) >= 11 is 0. The molecule has 1 aliphatic heterocycles. The van der Waals surface area contributed by atoms with E-state index in [0.29, 0.717) is 6.42 Å². The summed E-state index contributed by atoms with van der Waals surface area (Å²) in [5.74, 6) is -1.01. The first kappa shape index (κ1) is 33.7. The highest BCUT2D eigenvalue weighted by Crippen LogP contribution is 2.22. The molecule has 6 unspecified atom stereocenters. The van der Waals surface area contributed by atoms with Crippen LogP contribution in [0.25, 0.3) is 0 Å². The summed E-state index contributed by atoms with van der Waals surface area (Å²) < 4.78 is 21.2. The van der Waals surface area contributed by atoms with Crippen molar-refractivity contribution >= 4 is 11.9 Å². The summed E-state index contributed by atoms with van der Waals surface area (Å²) in [5, 5.41) is 39.2. The van der Waals surface area contributed by atoms with Gasteiger partial charge in [0.05, 0.1) is 13.2 Å². The van der Waals surface area contributed by atoms with E-state index in [9.17, 15) is 30.0 Å². The van der Waals surface area contributed by atoms with Gasteiger partial charge in [-0.25, -0.2) is 0 Å². The summed E-state index contributed by atoms with van der Waals surface area (Å²) in [5.41, 5.74) is 0. The molecule has 1 rings (SSSR count). The predicted molar refractivity (Wildman–Crippen MR) is 141 cm³/mol. The highest BCUT2D eigenvalue weighted by atomic mass is 16.7. The Morgan fingerprint density at radius 2 is 1.42 bits per heavy atom. The van der Waals surface area contributed by atoms with Gasteiger partial charge in [-0.2, -0.15) is 0 Å². The highest BCUT2D eigenvalue weighted by Gasteiger charge is 2.44. The maximum absolute atomic E-state index is 12.3. The molecular formula is C28H44O10. The first-order valence-corrected chi connectivity index (χ1v) is 13.2. The second-order valence-electron chi connectivity index (χ2n) is 8.72. The van der Waals surface area contributed by atoms with Crippen LogP contribution in [-0.4, -0.2) is 89.0 Å². The van der Waals surface area contributed by atoms with E-state index < -0.39 is 55.4 Å². The van der Waals surface area contributed by atoms with Crippen LogP contribution in [0.15, 0.2) is 48.6 Å². The van der Waals surface area contributed by atoms with Gasteiger partial charge in [0, 0.05) is 12.8 Å². The number of allylic oxidation sites excluding steroid dienone is 8. The van der Waals surface area contributed by atoms with Crippen LogP contribution in [0.4, 0.5) is 0 Å². The predicted octanol–water partition coefficient (Wildman–Crippen LogP) is 2.25. The van der Waals surface area contributed by atoms with E-state index in [1.54, 1.807) is 6.92 Å². The molecule has 38 heavy (non-hydrogen) atoms. The van der Waals surface area contributed by atoms with Gasteiger partial charge in [0.15, 0.2) is 12.4 Å². The summed E-state index contributed by atoms with van der Waals surface area (Å²) in [6.45, 7) is 2.55. The molecule has 0 spiro atoms. The zero-order valence-corrected chi connectivity index (χ0v) is 22.4. The number of hydrogen-bond acceptors (Lipinski definition) is 10. The molecule has 1 aliphatic rings. The number of ether oxygens (including phenoxy) is 4. The molecule has 1 fully saturated rings. The molecule has 1 heterocycles. The van der Waals surface area contributed by atoms with Gasteiger partial charge in [0.25, 0.3) is 0 Å². The molecule has 0 aromatic rings. The third kappa shape index (κ3) is 14.0. The minimum absolute atomic E-state index is 0.104. The molecule has 0 aliphatic carbocycles. The van der Waals surface area contributed by atoms with E-state index >= 15 is 0 Å². The maximum Gasteiger partial charge on any atom is 0.306 e. The van der Waals surface area contributed by atoms with Crippen LogP contribution in [0, 0.1) is 0 Å². The number of hydrogen-bond donors (Lipinski definition) is 4. The van der Waals surface area contributed by atoms with Gasteiger partial charge < -0.3 is 39.4 Å². The Kier molecular flexibility index (Phi) is 18.3. The van der Waals surface area contributed by atoms with Crippen LogP contribution in [0.2, 0.25) is 0 Å². The second-order valence-corrected chi connectivity index (χ2v) is 8.72. The van der Waals surface area contributed by atoms with Crippen molar-refractivity contribution in [2.24, 2.45) is 0 Å². The van der Waals surface area contributed by atoms with Crippen molar-refractivity contribution in [1.29, 1.82) is 0 Å². The van der Waals surface area contributed by atoms with E-state index in [1.807, 2.05) is 12.2 Å². The molecule has 0 bridgehead atoms. The quantitative estimate of drug-likeness (QED) is 0.150. The minimum atomic E-state index is -1.60. The van der Waals surface area contributed by atoms with Gasteiger partial charge in [-0.15, -0.1) is 0 Å². The van der Waals surface area contributed by atoms with Crippen LogP contribution >= 0.6 is 0 Å². The van der Waals surface area contributed by atoms with E-state index in [1.165, 1.54) is 0 Å². The molecule has 0 aromatic carbocycles. The SMILES string of the molecule is CC/C=C\C/C=C\C/C=C\C/C=C\CCC(=O)OC(COC(=O)CC)COC1OC(CO)C(O)C(O)C1O. The number of esters is 2. The highest BCUT2D eigenvalue weighted by molar-refractivity contribution is 5.70. The third-order valence-corrected chi connectivity index (χ3v) is 5.55. The van der Waals surface area contributed by atoms with E-state index in [2.05, 4.69) is 43.4 Å². The Labute approximate surface area is 225 Å². The standard InChI is InChI=1S/C28H44O10/c1-3-5-6-7-8-9-10-11-12-13-14-15-16-17-24(31)37-21(19-35-23(30)4-2)20-36-28-27(34)26(33)25(32)22(18-29)38-28/h5-6,8-9,11-12,14-15,21-22,25-29,32-34H,3-4,7,10,13,16-20H2,1-2H3/b6-5-,9-8-,12-11-,15-14-. The van der Waals surface area contributed by atoms with Gasteiger partial charge in [-0.3, -0.25) is 9.59 Å². The molecule has 0 amide bonds. The van der Waals surface area contributed by atoms with Crippen LogP contribution in [-0.2, 0) is 28.5 Å². The summed E-state index contributed by atoms with van der Waals surface area (Å²) in [7, 11) is 0. The van der Waals surface area contributed by atoms with E-state index in [4.69, 9.17) is 18.9 Å². The monoisotopic (exact) mass is 540 g/mol. The fourth-order valence-electron chi connectivity index (χ4n) is 3.35. The molecule has 0 aromatic heterocycles. The Bertz CT molecular complexity index is 774. The summed E-state index contributed by atoms with van der Waals surface area (Å²) in [6.07, 6.45) is 12.6. The zero-order valence-electron chi connectivity index (χ0n) is 22.4. The van der Waals surface area contributed by atoms with Crippen LogP contribution in [0.1, 0.15) is 58.8 Å². The topological polar surface area (TPSA) is 152 Å². The van der Waals surface area contributed by atoms with Gasteiger partial charge in [0.1, 0.15) is 31.0 Å². The Morgan fingerprint density at radius 3 is 2.00 bits per heavy atom. The van der Waals surface area contributed by atoms with Gasteiger partial charge in [-0.05, 0) is 32.1 Å². The van der Waals surface area contributed by atoms with E-state index in [0.717, 1.165) is 25.7 Å². The maximum atomic E-state index is 12.3. The number of rotatable bonds is 18. The van der Waals surface area contributed by atoms with Crippen LogP contribution in [0.5, 0.6) is 0 Å². The molecule has 216 valence electrons. The fraction of sp³-hybridized carbons (Fsp3) is 0.643. The lowest BCUT2D eigenvalue weighted by Gasteiger charge is -2.39. The van der Waals surface area contributed by atoms with Crippen LogP contribution < -0.4 is 0 Å². The normalized spacial score (nSPS) is 25.1. The third-order valence-electron chi connectivity index (χ3n) is 5.55. The van der Waals surface area contributed by atoms with Crippen LogP contribution in [0.3, 0.4) is 0 Å². The number of carbonyl (C=O) groups excluding carboxylic acids is 2. The molecule has 4 N–H and O–H groups in total. The van der Waals surface area contributed by atoms with Crippen molar-refractivity contribution in [3.8, 4) is 0 Å². The Balaban J connectivity index is 2.45. The molecule has 0 saturated carbocycles. The lowest BCUT2D eigenvalue weighted by molar-refractivity contribution is -0.305. The number of aliphatic hydroxyl groups is 4. The van der Waals surface area contributed by atoms with Crippen molar-refractivity contribution in [2.45, 2.75) is 95.6 Å². The lowest BCUT2D eigenvalue weighted by atomic mass is 9.99. The van der Waals surface area contributed by atoms with Crippen molar-refractivity contribution in [1.82, 2.24) is 0 Å². The van der Waals surface area contributed by atoms with E-state index in [-0.39, 0.29) is 26.1 Å². The molecular weight excluding hydrogens is 496 g/mol. The lowest BCUT2D eigenvalue weighted by Crippen LogP contribution is -2.59. The summed E-state index contributed by atoms with van der Waals surface area (Å²) in [4.78, 5) is 23.9. The molecule has 10 nitrogen and oxygen atoms in total. The summed E-state index contributed by atoms with van der Waals surface area (Å²) in [6, 6.07) is 0. The second kappa shape index (κ2) is 20.6. The zero-order chi connectivity index (χ0) is 28.2. The van der Waals surface area contributed by atoms with Crippen molar-refractivity contribution in [3.63, 3.8) is 0 Å². The van der Waals surface area contributed by atoms with Gasteiger partial charge in [0.2, 0.25) is 0 Å². The molecule has 6 atom stereocenters. The van der Waals surface area contributed by atoms with Gasteiger partial charge >= 0.3 is 11.9 Å². The van der Waals surface area contributed by atoms with Gasteiger partial charge in [-0.1, -0.05) is 62.5 Å². The molecule has 1 saturated heterocycles. The van der Waals surface area contributed by atoms with Crippen molar-refractivity contribution < 1.29 is 49.0 Å². The first-order valence-electron chi connectivity index (χ1n) is 13.2. The first-order chi connectivity index (χ1) is 18.3. The van der Waals surface area contributed by atoms with Crippen molar-refractivity contribution in [2.75, 3.05) is 19.8 Å². The largest absolute Gasteiger partial charge is 0.462 e. The fourth-order valence-corrected chi connectivity index (χ4v) is 3.35. The number of aliphatic hydroxyl groups excluding tert-OH is 4. The average molecular weight is 541 g/mol. The van der Waals surface area contributed by atoms with Crippen molar-refractivity contribution in [3.05, 3.63) is 48.6 Å². The Hall–Kier alpha value is -2.34. The molecule has 0 radical (unpaired) electrons. The minimum Gasteiger partial charge on any atom is -0.462 e. The smallest absolute Gasteiger partial charge is 0.306 e. The average Bonchev–Trinajstić information content (AvgIpc) is 2.92. The molecule has 10 heteroatoms. The Morgan fingerprint density at radius 1 is 0.816 bits per heavy atom.